The van der Waals surface area contributed by atoms with Gasteiger partial charge in [-0.25, -0.2) is 9.59 Å². The third kappa shape index (κ3) is 19.2. The number of benzene rings is 2. The van der Waals surface area contributed by atoms with Crippen LogP contribution in [0.3, 0.4) is 0 Å². The Hall–Kier alpha value is -6.07. The number of carbonyl (C=O) groups excluding carboxylic acids is 6. The van der Waals surface area contributed by atoms with Gasteiger partial charge in [-0.15, -0.1) is 11.8 Å². The minimum absolute atomic E-state index is 0.00758. The number of hydrogen-bond acceptors (Lipinski definition) is 15. The van der Waals surface area contributed by atoms with E-state index in [1.165, 1.54) is 47.6 Å². The quantitative estimate of drug-likeness (QED) is 0.0552. The second-order valence-corrected chi connectivity index (χ2v) is 20.0. The molecular formula is C49H70N8O13S. The summed E-state index contributed by atoms with van der Waals surface area (Å²) in [6.45, 7) is 12.0. The van der Waals surface area contributed by atoms with Crippen LogP contribution in [0.25, 0.3) is 0 Å². The van der Waals surface area contributed by atoms with Crippen molar-refractivity contribution < 1.29 is 58.7 Å². The van der Waals surface area contributed by atoms with E-state index in [-0.39, 0.29) is 55.9 Å². The number of carbonyl (C=O) groups is 6. The number of aliphatic hydroxyl groups is 3. The number of anilines is 1. The maximum absolute atomic E-state index is 13.9. The van der Waals surface area contributed by atoms with Crippen LogP contribution in [-0.4, -0.2) is 126 Å². The average molecular weight is 1010 g/mol. The number of hydrogen-bond donors (Lipinski definition) is 10. The Morgan fingerprint density at radius 3 is 1.93 bits per heavy atom. The molecule has 390 valence electrons. The molecule has 22 heteroatoms. The standard InChI is InChI=1S/C49H70N8O13S/c1-27(2)19-34(38(61)23-41(63)54-39-17-18-57(48(67)55-39)42-26-71-43(24-58)70-42)51-45(64)30(7)50-40(62)22-37(60)35(20-28(3)4)52-47(66)44(29(5)6)56-46(65)36(21-31-13-15-33(59)16-14-31)53-49(68)69-25-32-11-9-8-10-12-32/h8-18,27-30,34-38,42-44,58-61H,19-26H2,1-7H3,(H,50,62)(H,51,64)(H,52,66)(H,53,68)(H,56,65)(H,54,55,63,67)/t30-,34?,35?,36-,37-,38-,42+,43-,44-/m0/s1. The van der Waals surface area contributed by atoms with E-state index < -0.39 is 114 Å². The fourth-order valence-electron chi connectivity index (χ4n) is 7.60. The molecule has 6 amide bonds. The SMILES string of the molecule is CC(C)CC(NC(=O)[C@H](C)NC(=O)C[C@H](O)C(CC(C)C)NC(=O)[C@@H](NC(=O)[C@H](Cc1ccc(O)cc1)NC(=O)OCc1ccccc1)C(C)C)[C@@H](O)CC(=O)Nc1ccn([C@H]2CS[C@@H](CO)O2)c(=O)n1. The van der Waals surface area contributed by atoms with E-state index in [0.717, 1.165) is 5.56 Å². The van der Waals surface area contributed by atoms with Crippen molar-refractivity contribution in [3.63, 3.8) is 0 Å². The van der Waals surface area contributed by atoms with E-state index >= 15 is 0 Å². The zero-order valence-electron chi connectivity index (χ0n) is 41.2. The Bertz CT molecular complexity index is 2280. The van der Waals surface area contributed by atoms with Crippen LogP contribution in [0.15, 0.2) is 71.7 Å². The van der Waals surface area contributed by atoms with Crippen molar-refractivity contribution in [2.45, 2.75) is 141 Å². The summed E-state index contributed by atoms with van der Waals surface area (Å²) in [5.74, 6) is -3.65. The summed E-state index contributed by atoms with van der Waals surface area (Å²) in [4.78, 5) is 97.1. The molecule has 0 bridgehead atoms. The number of rotatable bonds is 26. The lowest BCUT2D eigenvalue weighted by Crippen LogP contribution is -2.58. The molecule has 1 aromatic heterocycles. The van der Waals surface area contributed by atoms with Crippen molar-refractivity contribution in [2.24, 2.45) is 17.8 Å². The zero-order chi connectivity index (χ0) is 52.4. The maximum Gasteiger partial charge on any atom is 0.408 e. The largest absolute Gasteiger partial charge is 0.508 e. The van der Waals surface area contributed by atoms with Gasteiger partial charge in [0.2, 0.25) is 29.5 Å². The van der Waals surface area contributed by atoms with E-state index in [4.69, 9.17) is 9.47 Å². The molecule has 1 aliphatic heterocycles. The molecular weight excluding hydrogens is 941 g/mol. The first-order valence-corrected chi connectivity index (χ1v) is 24.8. The van der Waals surface area contributed by atoms with Gasteiger partial charge in [0.15, 0.2) is 0 Å². The first-order valence-electron chi connectivity index (χ1n) is 23.7. The van der Waals surface area contributed by atoms with Crippen molar-refractivity contribution in [1.29, 1.82) is 0 Å². The summed E-state index contributed by atoms with van der Waals surface area (Å²) in [7, 11) is 0. The molecule has 2 heterocycles. The Labute approximate surface area is 417 Å². The third-order valence-electron chi connectivity index (χ3n) is 11.3. The van der Waals surface area contributed by atoms with Gasteiger partial charge in [-0.3, -0.25) is 28.5 Å². The normalized spacial score (nSPS) is 17.5. The molecule has 3 aromatic rings. The Kier molecular flexibility index (Phi) is 22.8. The summed E-state index contributed by atoms with van der Waals surface area (Å²) in [5.41, 5.74) is 0.168. The number of aromatic hydroxyl groups is 1. The van der Waals surface area contributed by atoms with Crippen molar-refractivity contribution in [3.05, 3.63) is 88.5 Å². The first kappa shape index (κ1) is 57.5. The van der Waals surface area contributed by atoms with E-state index in [1.54, 1.807) is 50.2 Å². The highest BCUT2D eigenvalue weighted by Gasteiger charge is 2.34. The summed E-state index contributed by atoms with van der Waals surface area (Å²) >= 11 is 1.35. The summed E-state index contributed by atoms with van der Waals surface area (Å²) in [6, 6.07) is 11.0. The zero-order valence-corrected chi connectivity index (χ0v) is 42.0. The van der Waals surface area contributed by atoms with Crippen LogP contribution in [0.1, 0.15) is 91.5 Å². The highest BCUT2D eigenvalue weighted by atomic mass is 32.2. The number of ether oxygens (including phenoxy) is 2. The number of nitrogens with zero attached hydrogens (tertiary/aromatic N) is 2. The Balaban J connectivity index is 1.34. The fourth-order valence-corrected chi connectivity index (χ4v) is 8.53. The van der Waals surface area contributed by atoms with Crippen molar-refractivity contribution in [3.8, 4) is 5.75 Å². The molecule has 1 saturated heterocycles. The minimum Gasteiger partial charge on any atom is -0.508 e. The summed E-state index contributed by atoms with van der Waals surface area (Å²) in [6.07, 6.45) is -3.44. The number of thioether (sulfide) groups is 1. The lowest BCUT2D eigenvalue weighted by Gasteiger charge is -2.30. The van der Waals surface area contributed by atoms with Gasteiger partial charge in [0.1, 0.15) is 48.0 Å². The minimum atomic E-state index is -1.44. The molecule has 0 radical (unpaired) electrons. The van der Waals surface area contributed by atoms with Crippen LogP contribution in [0.5, 0.6) is 5.75 Å². The summed E-state index contributed by atoms with van der Waals surface area (Å²) in [5, 5.41) is 57.5. The van der Waals surface area contributed by atoms with Crippen LogP contribution in [0, 0.1) is 17.8 Å². The summed E-state index contributed by atoms with van der Waals surface area (Å²) < 4.78 is 12.2. The van der Waals surface area contributed by atoms with E-state index in [9.17, 15) is 54.0 Å². The van der Waals surface area contributed by atoms with E-state index in [2.05, 4.69) is 36.9 Å². The molecule has 0 saturated carbocycles. The number of alkyl carbamates (subject to hydrolysis) is 1. The average Bonchev–Trinajstić information content (AvgIpc) is 3.79. The number of phenols is 1. The van der Waals surface area contributed by atoms with Crippen LogP contribution >= 0.6 is 11.8 Å². The topological polar surface area (TPSA) is 309 Å². The monoisotopic (exact) mass is 1010 g/mol. The molecule has 2 aromatic carbocycles. The molecule has 10 N–H and O–H groups in total. The van der Waals surface area contributed by atoms with Crippen LogP contribution in [-0.2, 0) is 46.5 Å². The van der Waals surface area contributed by atoms with Gasteiger partial charge < -0.3 is 61.8 Å². The van der Waals surface area contributed by atoms with Gasteiger partial charge in [-0.1, -0.05) is 84.0 Å². The molecule has 0 aliphatic carbocycles. The molecule has 4 rings (SSSR count). The van der Waals surface area contributed by atoms with Gasteiger partial charge in [0.25, 0.3) is 0 Å². The highest BCUT2D eigenvalue weighted by Crippen LogP contribution is 2.30. The highest BCUT2D eigenvalue weighted by molar-refractivity contribution is 8.00. The molecule has 1 fully saturated rings. The van der Waals surface area contributed by atoms with Crippen molar-refractivity contribution in [1.82, 2.24) is 36.1 Å². The van der Waals surface area contributed by atoms with Crippen LogP contribution in [0.2, 0.25) is 0 Å². The van der Waals surface area contributed by atoms with Crippen molar-refractivity contribution in [2.75, 3.05) is 17.7 Å². The molecule has 0 spiro atoms. The molecule has 9 atom stereocenters. The Morgan fingerprint density at radius 2 is 1.37 bits per heavy atom. The van der Waals surface area contributed by atoms with Gasteiger partial charge in [0, 0.05) is 18.4 Å². The van der Waals surface area contributed by atoms with Crippen LogP contribution < -0.4 is 37.6 Å². The van der Waals surface area contributed by atoms with Gasteiger partial charge >= 0.3 is 11.8 Å². The molecule has 1 aliphatic rings. The fraction of sp³-hybridized carbons (Fsp3) is 0.551. The number of amides is 6. The maximum atomic E-state index is 13.9. The van der Waals surface area contributed by atoms with Gasteiger partial charge in [-0.2, -0.15) is 4.98 Å². The molecule has 2 unspecified atom stereocenters. The first-order chi connectivity index (χ1) is 33.6. The lowest BCUT2D eigenvalue weighted by molar-refractivity contribution is -0.133. The second kappa shape index (κ2) is 28.1. The predicted octanol–water partition coefficient (Wildman–Crippen LogP) is 2.21. The second-order valence-electron chi connectivity index (χ2n) is 18.8. The van der Waals surface area contributed by atoms with Crippen molar-refractivity contribution >= 4 is 53.2 Å². The molecule has 71 heavy (non-hydrogen) atoms. The third-order valence-corrected chi connectivity index (χ3v) is 12.4. The number of aromatic nitrogens is 2. The van der Waals surface area contributed by atoms with E-state index in [1.807, 2.05) is 33.8 Å². The molecule has 21 nitrogen and oxygen atoms in total. The number of phenolic OH excluding ortho intramolecular Hbond substituents is 1. The number of nitrogens with one attached hydrogen (secondary N) is 6. The number of aliphatic hydroxyl groups excluding tert-OH is 3. The van der Waals surface area contributed by atoms with Gasteiger partial charge in [-0.05, 0) is 66.8 Å². The Morgan fingerprint density at radius 1 is 0.761 bits per heavy atom. The van der Waals surface area contributed by atoms with E-state index in [0.29, 0.717) is 11.3 Å². The lowest BCUT2D eigenvalue weighted by atomic mass is 9.95. The smallest absolute Gasteiger partial charge is 0.408 e. The van der Waals surface area contributed by atoms with Crippen LogP contribution in [0.4, 0.5) is 10.6 Å². The predicted molar refractivity (Wildman–Crippen MR) is 264 cm³/mol. The van der Waals surface area contributed by atoms with Gasteiger partial charge in [0.05, 0.1) is 43.7 Å².